The fourth-order valence-electron chi connectivity index (χ4n) is 2.77. The zero-order chi connectivity index (χ0) is 13.3. The van der Waals surface area contributed by atoms with Crippen LogP contribution >= 0.6 is 11.8 Å². The van der Waals surface area contributed by atoms with Gasteiger partial charge in [-0.1, -0.05) is 18.7 Å². The van der Waals surface area contributed by atoms with Crippen LogP contribution < -0.4 is 5.32 Å². The first-order chi connectivity index (χ1) is 9.17. The number of nitrogens with zero attached hydrogens (tertiary/aromatic N) is 4. The Balaban J connectivity index is 1.61. The number of aryl methyl sites for hydroxylation is 1. The molecule has 0 atom stereocenters. The molecule has 1 aliphatic heterocycles. The molecule has 1 saturated carbocycles. The third kappa shape index (κ3) is 2.78. The summed E-state index contributed by atoms with van der Waals surface area (Å²) in [5, 5.41) is 12.7. The number of hydrogen-bond acceptors (Lipinski definition) is 4. The minimum absolute atomic E-state index is 0.315. The van der Waals surface area contributed by atoms with Crippen LogP contribution in [0.5, 0.6) is 0 Å². The van der Waals surface area contributed by atoms with Crippen molar-refractivity contribution in [3.05, 3.63) is 12.2 Å². The molecule has 1 spiro atoms. The summed E-state index contributed by atoms with van der Waals surface area (Å²) in [7, 11) is 1.95. The highest BCUT2D eigenvalue weighted by atomic mass is 32.2. The molecule has 0 bridgehead atoms. The molecule has 0 radical (unpaired) electrons. The van der Waals surface area contributed by atoms with E-state index in [2.05, 4.69) is 27.4 Å². The molecule has 0 unspecified atom stereocenters. The molecule has 2 fully saturated rings. The Morgan fingerprint density at radius 1 is 1.53 bits per heavy atom. The first-order valence-corrected chi connectivity index (χ1v) is 7.94. The van der Waals surface area contributed by atoms with Crippen LogP contribution in [0.15, 0.2) is 11.3 Å². The fraction of sp³-hybridized carbons (Fsp3) is 0.769. The lowest BCUT2D eigenvalue weighted by Gasteiger charge is -2.35. The maximum atomic E-state index is 4.64. The maximum Gasteiger partial charge on any atom is 0.157 e. The Labute approximate surface area is 118 Å². The SMILES string of the molecule is CC1CCC2(CC1)CSC(=NCc1nncn1C)N2. The Morgan fingerprint density at radius 3 is 3.00 bits per heavy atom. The van der Waals surface area contributed by atoms with Gasteiger partial charge in [-0.3, -0.25) is 4.99 Å². The summed E-state index contributed by atoms with van der Waals surface area (Å²) < 4.78 is 1.92. The Morgan fingerprint density at radius 2 is 2.32 bits per heavy atom. The lowest BCUT2D eigenvalue weighted by Crippen LogP contribution is -2.46. The van der Waals surface area contributed by atoms with Gasteiger partial charge in [-0.25, -0.2) is 0 Å². The monoisotopic (exact) mass is 279 g/mol. The van der Waals surface area contributed by atoms with Crippen molar-refractivity contribution in [3.8, 4) is 0 Å². The van der Waals surface area contributed by atoms with Gasteiger partial charge in [-0.2, -0.15) is 0 Å². The van der Waals surface area contributed by atoms with Crippen LogP contribution in [0, 0.1) is 5.92 Å². The standard InChI is InChI=1S/C13H21N5S/c1-10-3-5-13(6-4-10)8-19-12(16-13)14-7-11-17-15-9-18(11)2/h9-10H,3-8H2,1-2H3,(H,14,16). The molecule has 6 heteroatoms. The minimum atomic E-state index is 0.315. The summed E-state index contributed by atoms with van der Waals surface area (Å²) in [5.41, 5.74) is 0.315. The van der Waals surface area contributed by atoms with Crippen molar-refractivity contribution in [2.45, 2.75) is 44.7 Å². The zero-order valence-corrected chi connectivity index (χ0v) is 12.4. The minimum Gasteiger partial charge on any atom is -0.359 e. The predicted octanol–water partition coefficient (Wildman–Crippen LogP) is 1.96. The van der Waals surface area contributed by atoms with Gasteiger partial charge in [0, 0.05) is 18.3 Å². The molecule has 1 aromatic heterocycles. The van der Waals surface area contributed by atoms with Gasteiger partial charge in [0.15, 0.2) is 11.0 Å². The van der Waals surface area contributed by atoms with Crippen molar-refractivity contribution in [1.82, 2.24) is 20.1 Å². The van der Waals surface area contributed by atoms with Crippen molar-refractivity contribution in [2.75, 3.05) is 5.75 Å². The molecule has 3 rings (SSSR count). The Bertz CT molecular complexity index is 473. The van der Waals surface area contributed by atoms with Gasteiger partial charge in [0.2, 0.25) is 0 Å². The smallest absolute Gasteiger partial charge is 0.157 e. The summed E-state index contributed by atoms with van der Waals surface area (Å²) in [5.74, 6) is 2.96. The second kappa shape index (κ2) is 5.15. The van der Waals surface area contributed by atoms with Crippen molar-refractivity contribution in [3.63, 3.8) is 0 Å². The first-order valence-electron chi connectivity index (χ1n) is 6.95. The average Bonchev–Trinajstić information content (AvgIpc) is 2.99. The van der Waals surface area contributed by atoms with Crippen LogP contribution in [-0.2, 0) is 13.6 Å². The van der Waals surface area contributed by atoms with E-state index in [0.29, 0.717) is 12.1 Å². The van der Waals surface area contributed by atoms with Gasteiger partial charge in [0.05, 0.1) is 0 Å². The van der Waals surface area contributed by atoms with E-state index >= 15 is 0 Å². The number of rotatable bonds is 2. The molecule has 0 amide bonds. The van der Waals surface area contributed by atoms with Crippen molar-refractivity contribution < 1.29 is 0 Å². The van der Waals surface area contributed by atoms with Gasteiger partial charge in [0.25, 0.3) is 0 Å². The fourth-order valence-corrected chi connectivity index (χ4v) is 3.99. The van der Waals surface area contributed by atoms with E-state index in [1.165, 1.54) is 25.7 Å². The van der Waals surface area contributed by atoms with Crippen molar-refractivity contribution in [1.29, 1.82) is 0 Å². The van der Waals surface area contributed by atoms with E-state index in [0.717, 1.165) is 22.7 Å². The van der Waals surface area contributed by atoms with Crippen LogP contribution in [-0.4, -0.2) is 31.2 Å². The van der Waals surface area contributed by atoms with Crippen LogP contribution in [0.1, 0.15) is 38.4 Å². The summed E-state index contributed by atoms with van der Waals surface area (Å²) in [6, 6.07) is 0. The number of thioether (sulfide) groups is 1. The summed E-state index contributed by atoms with van der Waals surface area (Å²) in [6.45, 7) is 2.97. The molecular weight excluding hydrogens is 258 g/mol. The molecule has 19 heavy (non-hydrogen) atoms. The van der Waals surface area contributed by atoms with Crippen LogP contribution in [0.4, 0.5) is 0 Å². The molecular formula is C13H21N5S. The van der Waals surface area contributed by atoms with Crippen molar-refractivity contribution >= 4 is 16.9 Å². The van der Waals surface area contributed by atoms with E-state index in [-0.39, 0.29) is 0 Å². The molecule has 2 aliphatic rings. The number of aromatic nitrogens is 3. The largest absolute Gasteiger partial charge is 0.359 e. The van der Waals surface area contributed by atoms with Gasteiger partial charge >= 0.3 is 0 Å². The molecule has 1 saturated heterocycles. The highest BCUT2D eigenvalue weighted by Gasteiger charge is 2.39. The highest BCUT2D eigenvalue weighted by Crippen LogP contribution is 2.38. The van der Waals surface area contributed by atoms with Crippen molar-refractivity contribution in [2.24, 2.45) is 18.0 Å². The normalized spacial score (nSPS) is 32.9. The summed E-state index contributed by atoms with van der Waals surface area (Å²) >= 11 is 1.86. The topological polar surface area (TPSA) is 55.1 Å². The van der Waals surface area contributed by atoms with E-state index < -0.39 is 0 Å². The van der Waals surface area contributed by atoms with Crippen LogP contribution in [0.3, 0.4) is 0 Å². The molecule has 1 N–H and O–H groups in total. The molecule has 1 aliphatic carbocycles. The third-order valence-corrected chi connectivity index (χ3v) is 5.46. The number of amidine groups is 1. The van der Waals surface area contributed by atoms with Crippen LogP contribution in [0.2, 0.25) is 0 Å². The Kier molecular flexibility index (Phi) is 3.52. The Hall–Kier alpha value is -1.04. The third-order valence-electron chi connectivity index (χ3n) is 4.26. The molecule has 5 nitrogen and oxygen atoms in total. The van der Waals surface area contributed by atoms with Gasteiger partial charge in [-0.05, 0) is 31.6 Å². The molecule has 0 aromatic carbocycles. The van der Waals surface area contributed by atoms with E-state index in [1.54, 1.807) is 6.33 Å². The maximum absolute atomic E-state index is 4.64. The number of hydrogen-bond donors (Lipinski definition) is 1. The highest BCUT2D eigenvalue weighted by molar-refractivity contribution is 8.14. The average molecular weight is 279 g/mol. The number of aliphatic imine (C=N–C) groups is 1. The molecule has 2 heterocycles. The van der Waals surface area contributed by atoms with E-state index in [4.69, 9.17) is 0 Å². The summed E-state index contributed by atoms with van der Waals surface area (Å²) in [6.07, 6.45) is 6.96. The molecule has 104 valence electrons. The number of nitrogens with one attached hydrogen (secondary N) is 1. The van der Waals surface area contributed by atoms with Gasteiger partial charge < -0.3 is 9.88 Å². The quantitative estimate of drug-likeness (QED) is 0.899. The van der Waals surface area contributed by atoms with Gasteiger partial charge in [0.1, 0.15) is 12.9 Å². The van der Waals surface area contributed by atoms with E-state index in [9.17, 15) is 0 Å². The van der Waals surface area contributed by atoms with Crippen LogP contribution in [0.25, 0.3) is 0 Å². The van der Waals surface area contributed by atoms with E-state index in [1.807, 2.05) is 23.4 Å². The predicted molar refractivity (Wildman–Crippen MR) is 78.1 cm³/mol. The lowest BCUT2D eigenvalue weighted by molar-refractivity contribution is 0.251. The summed E-state index contributed by atoms with van der Waals surface area (Å²) in [4.78, 5) is 4.64. The lowest BCUT2D eigenvalue weighted by atomic mass is 9.78. The molecule has 1 aromatic rings. The van der Waals surface area contributed by atoms with Gasteiger partial charge in [-0.15, -0.1) is 10.2 Å². The first kappa shape index (κ1) is 13.0. The second-order valence-electron chi connectivity index (χ2n) is 5.86. The second-order valence-corrected chi connectivity index (χ2v) is 6.82. The zero-order valence-electron chi connectivity index (χ0n) is 11.6.